The lowest BCUT2D eigenvalue weighted by atomic mass is 10.3. The van der Waals surface area contributed by atoms with Gasteiger partial charge in [0.2, 0.25) is 0 Å². The van der Waals surface area contributed by atoms with Gasteiger partial charge in [-0.2, -0.15) is 0 Å². The van der Waals surface area contributed by atoms with Crippen LogP contribution in [0.15, 0.2) is 40.7 Å². The Labute approximate surface area is 102 Å². The molecule has 0 saturated carbocycles. The second kappa shape index (κ2) is 4.79. The van der Waals surface area contributed by atoms with E-state index in [4.69, 9.17) is 23.2 Å². The summed E-state index contributed by atoms with van der Waals surface area (Å²) in [7, 11) is 0. The molecule has 0 saturated heterocycles. The zero-order chi connectivity index (χ0) is 10.7. The summed E-state index contributed by atoms with van der Waals surface area (Å²) < 4.78 is 0. The number of hydrogen-bond donors (Lipinski definition) is 0. The molecule has 1 aromatic heterocycles. The van der Waals surface area contributed by atoms with E-state index in [1.54, 1.807) is 35.8 Å². The van der Waals surface area contributed by atoms with Gasteiger partial charge in [-0.3, -0.25) is 4.99 Å². The SMILES string of the molecule is Clc1cc(Cl)cc(N=Cc2cccs2)c1. The van der Waals surface area contributed by atoms with Crippen molar-refractivity contribution < 1.29 is 0 Å². The van der Waals surface area contributed by atoms with Crippen molar-refractivity contribution in [2.24, 2.45) is 4.99 Å². The molecule has 2 aromatic rings. The third-order valence-corrected chi connectivity index (χ3v) is 2.97. The third kappa shape index (κ3) is 3.06. The van der Waals surface area contributed by atoms with Gasteiger partial charge in [0.25, 0.3) is 0 Å². The molecule has 0 N–H and O–H groups in total. The van der Waals surface area contributed by atoms with Gasteiger partial charge in [0.05, 0.1) is 5.69 Å². The minimum atomic E-state index is 0.598. The van der Waals surface area contributed by atoms with Gasteiger partial charge in [-0.05, 0) is 29.6 Å². The fourth-order valence-corrected chi connectivity index (χ4v) is 2.22. The zero-order valence-electron chi connectivity index (χ0n) is 7.65. The summed E-state index contributed by atoms with van der Waals surface area (Å²) in [5.41, 5.74) is 0.765. The molecule has 4 heteroatoms. The summed E-state index contributed by atoms with van der Waals surface area (Å²) >= 11 is 13.3. The lowest BCUT2D eigenvalue weighted by molar-refractivity contribution is 1.54. The quantitative estimate of drug-likeness (QED) is 0.684. The first-order valence-electron chi connectivity index (χ1n) is 4.28. The molecule has 0 aliphatic rings. The van der Waals surface area contributed by atoms with Crippen LogP contribution >= 0.6 is 34.5 Å². The fraction of sp³-hybridized carbons (Fsp3) is 0. The van der Waals surface area contributed by atoms with Crippen LogP contribution in [0.2, 0.25) is 10.0 Å². The van der Waals surface area contributed by atoms with E-state index in [1.165, 1.54) is 0 Å². The predicted molar refractivity (Wildman–Crippen MR) is 68.0 cm³/mol. The summed E-state index contributed by atoms with van der Waals surface area (Å²) in [6.07, 6.45) is 1.80. The van der Waals surface area contributed by atoms with Crippen LogP contribution in [0.25, 0.3) is 0 Å². The summed E-state index contributed by atoms with van der Waals surface area (Å²) in [4.78, 5) is 5.39. The highest BCUT2D eigenvalue weighted by Gasteiger charge is 1.95. The van der Waals surface area contributed by atoms with Crippen LogP contribution in [-0.2, 0) is 0 Å². The molecule has 0 aliphatic heterocycles. The normalized spacial score (nSPS) is 11.1. The van der Waals surface area contributed by atoms with Crippen molar-refractivity contribution in [3.8, 4) is 0 Å². The number of nitrogens with zero attached hydrogens (tertiary/aromatic N) is 1. The molecule has 0 radical (unpaired) electrons. The van der Waals surface area contributed by atoms with Crippen molar-refractivity contribution in [3.63, 3.8) is 0 Å². The number of benzene rings is 1. The van der Waals surface area contributed by atoms with Crippen molar-refractivity contribution in [1.82, 2.24) is 0 Å². The molecule has 1 nitrogen and oxygen atoms in total. The van der Waals surface area contributed by atoms with E-state index in [2.05, 4.69) is 4.99 Å². The largest absolute Gasteiger partial charge is 0.255 e. The molecule has 0 spiro atoms. The monoisotopic (exact) mass is 255 g/mol. The lowest BCUT2D eigenvalue weighted by Gasteiger charge is -1.96. The summed E-state index contributed by atoms with van der Waals surface area (Å²) in [6.45, 7) is 0. The lowest BCUT2D eigenvalue weighted by Crippen LogP contribution is -1.72. The molecule has 0 fully saturated rings. The molecule has 0 unspecified atom stereocenters. The molecule has 0 aliphatic carbocycles. The number of hydrogen-bond acceptors (Lipinski definition) is 2. The van der Waals surface area contributed by atoms with Crippen molar-refractivity contribution in [2.75, 3.05) is 0 Å². The molecule has 1 heterocycles. The Kier molecular flexibility index (Phi) is 3.41. The van der Waals surface area contributed by atoms with Crippen LogP contribution in [0.5, 0.6) is 0 Å². The van der Waals surface area contributed by atoms with Crippen LogP contribution in [0.4, 0.5) is 5.69 Å². The third-order valence-electron chi connectivity index (χ3n) is 1.73. The molecular weight excluding hydrogens is 249 g/mol. The van der Waals surface area contributed by atoms with Gasteiger partial charge in [0, 0.05) is 21.1 Å². The second-order valence-corrected chi connectivity index (χ2v) is 4.75. The van der Waals surface area contributed by atoms with E-state index < -0.39 is 0 Å². The Morgan fingerprint density at radius 3 is 2.47 bits per heavy atom. The summed E-state index contributed by atoms with van der Waals surface area (Å²) in [5, 5.41) is 3.20. The van der Waals surface area contributed by atoms with E-state index in [0.717, 1.165) is 10.6 Å². The van der Waals surface area contributed by atoms with Crippen LogP contribution < -0.4 is 0 Å². The van der Waals surface area contributed by atoms with Gasteiger partial charge in [0.1, 0.15) is 0 Å². The van der Waals surface area contributed by atoms with Crippen molar-refractivity contribution in [3.05, 3.63) is 50.6 Å². The van der Waals surface area contributed by atoms with Crippen LogP contribution in [0.1, 0.15) is 4.88 Å². The van der Waals surface area contributed by atoms with Gasteiger partial charge in [-0.1, -0.05) is 29.3 Å². The number of thiophene rings is 1. The molecule has 76 valence electrons. The van der Waals surface area contributed by atoms with E-state index in [1.807, 2.05) is 17.5 Å². The van der Waals surface area contributed by atoms with Gasteiger partial charge in [-0.15, -0.1) is 11.3 Å². The summed E-state index contributed by atoms with van der Waals surface area (Å²) in [5.74, 6) is 0. The smallest absolute Gasteiger partial charge is 0.0659 e. The highest BCUT2D eigenvalue weighted by molar-refractivity contribution is 7.11. The number of halogens is 2. The van der Waals surface area contributed by atoms with Gasteiger partial charge < -0.3 is 0 Å². The van der Waals surface area contributed by atoms with Gasteiger partial charge >= 0.3 is 0 Å². The maximum atomic E-state index is 5.86. The van der Waals surface area contributed by atoms with Gasteiger partial charge in [-0.25, -0.2) is 0 Å². The van der Waals surface area contributed by atoms with E-state index >= 15 is 0 Å². The van der Waals surface area contributed by atoms with E-state index in [9.17, 15) is 0 Å². The average Bonchev–Trinajstić information content (AvgIpc) is 2.65. The minimum absolute atomic E-state index is 0.598. The van der Waals surface area contributed by atoms with Crippen molar-refractivity contribution in [1.29, 1.82) is 0 Å². The molecular formula is C11H7Cl2NS. The topological polar surface area (TPSA) is 12.4 Å². The Balaban J connectivity index is 2.24. The van der Waals surface area contributed by atoms with Crippen molar-refractivity contribution in [2.45, 2.75) is 0 Å². The van der Waals surface area contributed by atoms with Crippen LogP contribution in [-0.4, -0.2) is 6.21 Å². The molecule has 0 bridgehead atoms. The first-order valence-corrected chi connectivity index (χ1v) is 5.91. The highest BCUT2D eigenvalue weighted by Crippen LogP contribution is 2.24. The van der Waals surface area contributed by atoms with E-state index in [-0.39, 0.29) is 0 Å². The molecule has 0 atom stereocenters. The summed E-state index contributed by atoms with van der Waals surface area (Å²) in [6, 6.07) is 9.22. The maximum absolute atomic E-state index is 5.86. The second-order valence-electron chi connectivity index (χ2n) is 2.90. The maximum Gasteiger partial charge on any atom is 0.0659 e. The van der Waals surface area contributed by atoms with Crippen LogP contribution in [0.3, 0.4) is 0 Å². The molecule has 2 rings (SSSR count). The average molecular weight is 256 g/mol. The fourth-order valence-electron chi connectivity index (χ4n) is 1.12. The van der Waals surface area contributed by atoms with Crippen LogP contribution in [0, 0.1) is 0 Å². The Bertz CT molecular complexity index is 457. The van der Waals surface area contributed by atoms with Gasteiger partial charge in [0.15, 0.2) is 0 Å². The van der Waals surface area contributed by atoms with E-state index in [0.29, 0.717) is 10.0 Å². The first kappa shape index (κ1) is 10.7. The Hall–Kier alpha value is -0.830. The Morgan fingerprint density at radius 2 is 1.87 bits per heavy atom. The highest BCUT2D eigenvalue weighted by atomic mass is 35.5. The molecule has 15 heavy (non-hydrogen) atoms. The van der Waals surface area contributed by atoms with Crippen molar-refractivity contribution >= 4 is 46.4 Å². The first-order chi connectivity index (χ1) is 7.24. The number of aliphatic imine (C=N–C) groups is 1. The predicted octanol–water partition coefficient (Wildman–Crippen LogP) is 4.81. The number of rotatable bonds is 2. The molecule has 1 aromatic carbocycles. The minimum Gasteiger partial charge on any atom is -0.255 e. The zero-order valence-corrected chi connectivity index (χ0v) is 9.98. The standard InChI is InChI=1S/C11H7Cl2NS/c12-8-4-9(13)6-10(5-8)14-7-11-2-1-3-15-11/h1-7H. The Morgan fingerprint density at radius 1 is 1.13 bits per heavy atom. The molecule has 0 amide bonds.